The fraction of sp³-hybridized carbons (Fsp3) is 0.182. The zero-order chi connectivity index (χ0) is 21.7. The quantitative estimate of drug-likeness (QED) is 0.496. The van der Waals surface area contributed by atoms with Gasteiger partial charge in [-0.2, -0.15) is 0 Å². The van der Waals surface area contributed by atoms with Crippen LogP contribution in [0.3, 0.4) is 0 Å². The van der Waals surface area contributed by atoms with Gasteiger partial charge in [-0.15, -0.1) is 11.3 Å². The number of rotatable bonds is 4. The van der Waals surface area contributed by atoms with Crippen molar-refractivity contribution in [3.63, 3.8) is 0 Å². The van der Waals surface area contributed by atoms with Crippen LogP contribution in [0.1, 0.15) is 17.9 Å². The lowest BCUT2D eigenvalue weighted by Crippen LogP contribution is -2.33. The van der Waals surface area contributed by atoms with Crippen LogP contribution in [0.5, 0.6) is 0 Å². The van der Waals surface area contributed by atoms with Crippen molar-refractivity contribution in [1.29, 1.82) is 0 Å². The number of nitrogens with zero attached hydrogens (tertiary/aromatic N) is 2. The highest BCUT2D eigenvalue weighted by Crippen LogP contribution is 2.47. The average molecular weight is 453 g/mol. The molecule has 4 aromatic rings. The molecular formula is C22H17ClN4O3S. The Kier molecular flexibility index (Phi) is 4.75. The Hall–Kier alpha value is -3.23. The molecule has 0 radical (unpaired) electrons. The molecule has 2 atom stereocenters. The molecule has 5 rings (SSSR count). The highest BCUT2D eigenvalue weighted by atomic mass is 35.5. The number of amides is 1. The number of aromatic nitrogens is 3. The first-order valence-electron chi connectivity index (χ1n) is 9.68. The molecule has 1 aliphatic rings. The monoisotopic (exact) mass is 452 g/mol. The fourth-order valence-corrected chi connectivity index (χ4v) is 5.22. The SMILES string of the molecule is CNC(=O)[C@H]1C[C@@H]1c1cncc(-n2c(=O)[nH]c3cc(-c4ccccc4Cl)sc3c2=O)c1. The molecule has 0 spiro atoms. The van der Waals surface area contributed by atoms with Crippen molar-refractivity contribution < 1.29 is 4.79 Å². The molecule has 1 aliphatic carbocycles. The highest BCUT2D eigenvalue weighted by Gasteiger charge is 2.43. The van der Waals surface area contributed by atoms with Gasteiger partial charge in [-0.25, -0.2) is 9.36 Å². The Labute approximate surface area is 185 Å². The molecule has 2 N–H and O–H groups in total. The topological polar surface area (TPSA) is 96.8 Å². The van der Waals surface area contributed by atoms with Crippen molar-refractivity contribution in [3.05, 3.63) is 80.2 Å². The van der Waals surface area contributed by atoms with Gasteiger partial charge in [-0.05, 0) is 36.1 Å². The summed E-state index contributed by atoms with van der Waals surface area (Å²) in [5, 5.41) is 3.23. The smallest absolute Gasteiger partial charge is 0.333 e. The first-order chi connectivity index (χ1) is 15.0. The molecule has 1 saturated carbocycles. The van der Waals surface area contributed by atoms with Gasteiger partial charge in [0.2, 0.25) is 5.91 Å². The van der Waals surface area contributed by atoms with E-state index in [0.717, 1.165) is 27.0 Å². The molecular weight excluding hydrogens is 436 g/mol. The lowest BCUT2D eigenvalue weighted by atomic mass is 10.1. The summed E-state index contributed by atoms with van der Waals surface area (Å²) in [5.74, 6) is -0.0768. The van der Waals surface area contributed by atoms with Gasteiger partial charge in [0.25, 0.3) is 5.56 Å². The van der Waals surface area contributed by atoms with E-state index in [1.165, 1.54) is 17.5 Å². The third kappa shape index (κ3) is 3.37. The minimum atomic E-state index is -0.543. The van der Waals surface area contributed by atoms with E-state index < -0.39 is 11.2 Å². The molecule has 156 valence electrons. The van der Waals surface area contributed by atoms with Gasteiger partial charge in [0.05, 0.1) is 17.4 Å². The molecule has 1 fully saturated rings. The summed E-state index contributed by atoms with van der Waals surface area (Å²) in [7, 11) is 1.61. The van der Waals surface area contributed by atoms with Crippen molar-refractivity contribution >= 4 is 39.1 Å². The van der Waals surface area contributed by atoms with E-state index in [-0.39, 0.29) is 17.7 Å². The summed E-state index contributed by atoms with van der Waals surface area (Å²) >= 11 is 7.57. The van der Waals surface area contributed by atoms with Gasteiger partial charge >= 0.3 is 5.69 Å². The van der Waals surface area contributed by atoms with Crippen LogP contribution < -0.4 is 16.6 Å². The number of hydrogen-bond donors (Lipinski definition) is 2. The van der Waals surface area contributed by atoms with Crippen LogP contribution in [0.15, 0.2) is 58.4 Å². The third-order valence-corrected chi connectivity index (χ3v) is 7.00. The molecule has 0 unspecified atom stereocenters. The Morgan fingerprint density at radius 1 is 1.26 bits per heavy atom. The van der Waals surface area contributed by atoms with E-state index in [9.17, 15) is 14.4 Å². The molecule has 9 heteroatoms. The predicted octanol–water partition coefficient (Wildman–Crippen LogP) is 3.31. The number of carbonyl (C=O) groups excluding carboxylic acids is 1. The normalized spacial score (nSPS) is 17.6. The van der Waals surface area contributed by atoms with Gasteiger partial charge in [0.15, 0.2) is 0 Å². The minimum absolute atomic E-state index is 0.0162. The first-order valence-corrected chi connectivity index (χ1v) is 10.9. The second kappa shape index (κ2) is 7.47. The summed E-state index contributed by atoms with van der Waals surface area (Å²) in [5.41, 5.74) is 1.52. The van der Waals surface area contributed by atoms with Crippen molar-refractivity contribution in [1.82, 2.24) is 19.9 Å². The summed E-state index contributed by atoms with van der Waals surface area (Å²) < 4.78 is 1.51. The zero-order valence-corrected chi connectivity index (χ0v) is 18.0. The van der Waals surface area contributed by atoms with Gasteiger partial charge < -0.3 is 10.3 Å². The summed E-state index contributed by atoms with van der Waals surface area (Å²) in [4.78, 5) is 45.7. The van der Waals surface area contributed by atoms with Crippen LogP contribution in [-0.4, -0.2) is 27.5 Å². The van der Waals surface area contributed by atoms with Gasteiger partial charge in [0.1, 0.15) is 4.70 Å². The number of hydrogen-bond acceptors (Lipinski definition) is 5. The molecule has 1 aromatic carbocycles. The van der Waals surface area contributed by atoms with Gasteiger partial charge in [-0.3, -0.25) is 14.6 Å². The molecule has 31 heavy (non-hydrogen) atoms. The van der Waals surface area contributed by atoms with Gasteiger partial charge in [-0.1, -0.05) is 29.8 Å². The minimum Gasteiger partial charge on any atom is -0.359 e. The zero-order valence-electron chi connectivity index (χ0n) is 16.4. The fourth-order valence-electron chi connectivity index (χ4n) is 3.84. The van der Waals surface area contributed by atoms with Crippen LogP contribution in [0.4, 0.5) is 0 Å². The highest BCUT2D eigenvalue weighted by molar-refractivity contribution is 7.22. The first kappa shape index (κ1) is 19.7. The van der Waals surface area contributed by atoms with Gasteiger partial charge in [0, 0.05) is 34.6 Å². The lowest BCUT2D eigenvalue weighted by Gasteiger charge is -2.06. The average Bonchev–Trinajstić information content (AvgIpc) is 3.46. The second-order valence-corrected chi connectivity index (χ2v) is 8.90. The molecule has 7 nitrogen and oxygen atoms in total. The molecule has 0 aliphatic heterocycles. The second-order valence-electron chi connectivity index (χ2n) is 7.44. The van der Waals surface area contributed by atoms with Crippen molar-refractivity contribution in [2.75, 3.05) is 7.05 Å². The summed E-state index contributed by atoms with van der Waals surface area (Å²) in [6.07, 6.45) is 3.88. The number of pyridine rings is 1. The Morgan fingerprint density at radius 3 is 2.84 bits per heavy atom. The number of halogens is 1. The van der Waals surface area contributed by atoms with Crippen molar-refractivity contribution in [2.45, 2.75) is 12.3 Å². The lowest BCUT2D eigenvalue weighted by molar-refractivity contribution is -0.121. The standard InChI is InChI=1S/C22H17ClN4O3S/c1-24-20(28)15-7-14(15)11-6-12(10-25-9-11)27-21(29)19-17(26-22(27)30)8-18(31-19)13-4-2-3-5-16(13)23/h2-6,8-10,14-15H,7H2,1H3,(H,24,28)(H,26,30)/t14-,15+/m1/s1. The third-order valence-electron chi connectivity index (χ3n) is 5.52. The number of H-pyrrole nitrogens is 1. The predicted molar refractivity (Wildman–Crippen MR) is 121 cm³/mol. The van der Waals surface area contributed by atoms with Crippen LogP contribution in [0.25, 0.3) is 26.3 Å². The van der Waals surface area contributed by atoms with E-state index in [1.807, 2.05) is 18.2 Å². The molecule has 1 amide bonds. The van der Waals surface area contributed by atoms with Crippen LogP contribution in [0, 0.1) is 5.92 Å². The van der Waals surface area contributed by atoms with E-state index in [1.54, 1.807) is 31.4 Å². The van der Waals surface area contributed by atoms with Crippen LogP contribution >= 0.6 is 22.9 Å². The van der Waals surface area contributed by atoms with E-state index in [2.05, 4.69) is 15.3 Å². The molecule has 3 heterocycles. The largest absolute Gasteiger partial charge is 0.359 e. The number of thiophene rings is 1. The maximum absolute atomic E-state index is 13.2. The Balaban J connectivity index is 1.59. The van der Waals surface area contributed by atoms with Crippen molar-refractivity contribution in [2.24, 2.45) is 5.92 Å². The number of aromatic amines is 1. The Bertz CT molecular complexity index is 1460. The summed E-state index contributed by atoms with van der Waals surface area (Å²) in [6.45, 7) is 0. The Morgan fingerprint density at radius 2 is 2.06 bits per heavy atom. The summed E-state index contributed by atoms with van der Waals surface area (Å²) in [6, 6.07) is 10.9. The van der Waals surface area contributed by atoms with Crippen LogP contribution in [0.2, 0.25) is 5.02 Å². The molecule has 0 bridgehead atoms. The van der Waals surface area contributed by atoms with E-state index in [4.69, 9.17) is 11.6 Å². The number of fused-ring (bicyclic) bond motifs is 1. The number of carbonyl (C=O) groups is 1. The van der Waals surface area contributed by atoms with Crippen LogP contribution in [-0.2, 0) is 4.79 Å². The number of benzene rings is 1. The molecule has 0 saturated heterocycles. The maximum atomic E-state index is 13.2. The van der Waals surface area contributed by atoms with Crippen molar-refractivity contribution in [3.8, 4) is 16.1 Å². The van der Waals surface area contributed by atoms with E-state index in [0.29, 0.717) is 20.9 Å². The number of nitrogens with one attached hydrogen (secondary N) is 2. The maximum Gasteiger partial charge on any atom is 0.333 e. The molecule has 3 aromatic heterocycles. The van der Waals surface area contributed by atoms with E-state index >= 15 is 0 Å².